The fourth-order valence-corrected chi connectivity index (χ4v) is 1.80. The highest BCUT2D eigenvalue weighted by molar-refractivity contribution is 6.28. The third-order valence-electron chi connectivity index (χ3n) is 2.22. The Hall–Kier alpha value is -1.95. The van der Waals surface area contributed by atoms with Crippen molar-refractivity contribution in [3.8, 4) is 5.82 Å². The standard InChI is InChI=1S/C11H12ClN5O/c1-6-4-7(2)17(16-6)10-5-9(13-8(3)18)14-11(12)15-10/h4-5H,1-3H3,(H,13,14,15,18). The smallest absolute Gasteiger partial charge is 0.226 e. The van der Waals surface area contributed by atoms with Crippen LogP contribution in [0.3, 0.4) is 0 Å². The third kappa shape index (κ3) is 2.65. The molecule has 2 aromatic rings. The van der Waals surface area contributed by atoms with Gasteiger partial charge in [0.15, 0.2) is 5.82 Å². The Bertz CT molecular complexity index is 607. The van der Waals surface area contributed by atoms with Crippen LogP contribution in [-0.4, -0.2) is 25.7 Å². The van der Waals surface area contributed by atoms with Crippen molar-refractivity contribution in [2.75, 3.05) is 5.32 Å². The second-order valence-electron chi connectivity index (χ2n) is 3.90. The highest BCUT2D eigenvalue weighted by Crippen LogP contribution is 2.16. The highest BCUT2D eigenvalue weighted by Gasteiger charge is 2.09. The van der Waals surface area contributed by atoms with E-state index >= 15 is 0 Å². The molecule has 18 heavy (non-hydrogen) atoms. The lowest BCUT2D eigenvalue weighted by Gasteiger charge is -2.06. The minimum Gasteiger partial charge on any atom is -0.311 e. The van der Waals surface area contributed by atoms with Gasteiger partial charge >= 0.3 is 0 Å². The topological polar surface area (TPSA) is 72.7 Å². The van der Waals surface area contributed by atoms with Gasteiger partial charge in [-0.3, -0.25) is 4.79 Å². The number of aromatic nitrogens is 4. The molecule has 0 aliphatic heterocycles. The summed E-state index contributed by atoms with van der Waals surface area (Å²) >= 11 is 5.83. The number of anilines is 1. The van der Waals surface area contributed by atoms with Crippen LogP contribution in [0.25, 0.3) is 5.82 Å². The van der Waals surface area contributed by atoms with Crippen LogP contribution in [-0.2, 0) is 4.79 Å². The Kier molecular flexibility index (Phi) is 3.29. The number of carbonyl (C=O) groups is 1. The van der Waals surface area contributed by atoms with Crippen molar-refractivity contribution in [2.24, 2.45) is 0 Å². The van der Waals surface area contributed by atoms with Crippen molar-refractivity contribution in [3.63, 3.8) is 0 Å². The first-order valence-electron chi connectivity index (χ1n) is 5.31. The molecule has 2 aromatic heterocycles. The summed E-state index contributed by atoms with van der Waals surface area (Å²) in [7, 11) is 0. The van der Waals surface area contributed by atoms with Gasteiger partial charge < -0.3 is 5.32 Å². The lowest BCUT2D eigenvalue weighted by molar-refractivity contribution is -0.114. The lowest BCUT2D eigenvalue weighted by atomic mass is 10.4. The first kappa shape index (κ1) is 12.5. The molecule has 2 rings (SSSR count). The van der Waals surface area contributed by atoms with Gasteiger partial charge in [0, 0.05) is 18.7 Å². The summed E-state index contributed by atoms with van der Waals surface area (Å²) in [6.45, 7) is 5.20. The van der Waals surface area contributed by atoms with E-state index in [1.807, 2.05) is 19.9 Å². The van der Waals surface area contributed by atoms with Gasteiger partial charge in [0.25, 0.3) is 0 Å². The molecule has 0 saturated heterocycles. The fraction of sp³-hybridized carbons (Fsp3) is 0.273. The molecule has 0 aliphatic carbocycles. The van der Waals surface area contributed by atoms with E-state index in [-0.39, 0.29) is 11.2 Å². The summed E-state index contributed by atoms with van der Waals surface area (Å²) < 4.78 is 1.65. The molecular formula is C11H12ClN5O. The molecule has 0 aliphatic rings. The van der Waals surface area contributed by atoms with E-state index in [0.29, 0.717) is 11.6 Å². The van der Waals surface area contributed by atoms with Gasteiger partial charge in [-0.15, -0.1) is 0 Å². The number of carbonyl (C=O) groups excluding carboxylic acids is 1. The molecule has 6 nitrogen and oxygen atoms in total. The van der Waals surface area contributed by atoms with Gasteiger partial charge in [-0.2, -0.15) is 10.1 Å². The Morgan fingerprint density at radius 3 is 2.61 bits per heavy atom. The predicted molar refractivity (Wildman–Crippen MR) is 67.9 cm³/mol. The number of halogens is 1. The van der Waals surface area contributed by atoms with Crippen molar-refractivity contribution < 1.29 is 4.79 Å². The third-order valence-corrected chi connectivity index (χ3v) is 2.39. The predicted octanol–water partition coefficient (Wildman–Crippen LogP) is 1.89. The number of nitrogens with zero attached hydrogens (tertiary/aromatic N) is 4. The Balaban J connectivity index is 2.48. The molecule has 7 heteroatoms. The average molecular weight is 266 g/mol. The first-order valence-corrected chi connectivity index (χ1v) is 5.69. The zero-order valence-electron chi connectivity index (χ0n) is 10.2. The molecule has 0 saturated carbocycles. The molecule has 0 fully saturated rings. The summed E-state index contributed by atoms with van der Waals surface area (Å²) in [5.74, 6) is 0.651. The van der Waals surface area contributed by atoms with Crippen LogP contribution in [0.1, 0.15) is 18.3 Å². The zero-order chi connectivity index (χ0) is 13.3. The number of aryl methyl sites for hydroxylation is 2. The van der Waals surface area contributed by atoms with Crippen LogP contribution in [0.5, 0.6) is 0 Å². The van der Waals surface area contributed by atoms with Gasteiger partial charge in [0.1, 0.15) is 5.82 Å². The van der Waals surface area contributed by atoms with E-state index in [4.69, 9.17) is 11.6 Å². The van der Waals surface area contributed by atoms with Crippen LogP contribution >= 0.6 is 11.6 Å². The van der Waals surface area contributed by atoms with E-state index in [2.05, 4.69) is 20.4 Å². The molecular weight excluding hydrogens is 254 g/mol. The van der Waals surface area contributed by atoms with Crippen LogP contribution in [0.4, 0.5) is 5.82 Å². The molecule has 1 amide bonds. The van der Waals surface area contributed by atoms with E-state index in [0.717, 1.165) is 11.4 Å². The minimum absolute atomic E-state index is 0.0591. The Labute approximate surface area is 109 Å². The van der Waals surface area contributed by atoms with Crippen molar-refractivity contribution in [2.45, 2.75) is 20.8 Å². The molecule has 1 N–H and O–H groups in total. The van der Waals surface area contributed by atoms with Crippen molar-refractivity contribution in [3.05, 3.63) is 28.8 Å². The lowest BCUT2D eigenvalue weighted by Crippen LogP contribution is -2.10. The van der Waals surface area contributed by atoms with Crippen LogP contribution in [0, 0.1) is 13.8 Å². The monoisotopic (exact) mass is 265 g/mol. The van der Waals surface area contributed by atoms with Crippen LogP contribution in [0.2, 0.25) is 5.28 Å². The van der Waals surface area contributed by atoms with Gasteiger partial charge in [-0.05, 0) is 31.5 Å². The summed E-state index contributed by atoms with van der Waals surface area (Å²) in [6, 6.07) is 3.54. The number of amides is 1. The van der Waals surface area contributed by atoms with Crippen LogP contribution in [0.15, 0.2) is 12.1 Å². The fourth-order valence-electron chi connectivity index (χ4n) is 1.62. The Morgan fingerprint density at radius 2 is 2.06 bits per heavy atom. The summed E-state index contributed by atoms with van der Waals surface area (Å²) in [5.41, 5.74) is 1.80. The van der Waals surface area contributed by atoms with Crippen molar-refractivity contribution in [1.82, 2.24) is 19.7 Å². The van der Waals surface area contributed by atoms with Gasteiger partial charge in [0.05, 0.1) is 5.69 Å². The second-order valence-corrected chi connectivity index (χ2v) is 4.24. The molecule has 0 aromatic carbocycles. The molecule has 0 spiro atoms. The summed E-state index contributed by atoms with van der Waals surface area (Å²) in [4.78, 5) is 19.0. The molecule has 0 bridgehead atoms. The van der Waals surface area contributed by atoms with Crippen LogP contribution < -0.4 is 5.32 Å². The van der Waals surface area contributed by atoms with E-state index in [1.165, 1.54) is 6.92 Å². The van der Waals surface area contributed by atoms with E-state index in [1.54, 1.807) is 10.7 Å². The van der Waals surface area contributed by atoms with Gasteiger partial charge in [0.2, 0.25) is 11.2 Å². The summed E-state index contributed by atoms with van der Waals surface area (Å²) in [6.07, 6.45) is 0. The molecule has 0 atom stereocenters. The quantitative estimate of drug-likeness (QED) is 0.842. The van der Waals surface area contributed by atoms with Crippen molar-refractivity contribution in [1.29, 1.82) is 0 Å². The highest BCUT2D eigenvalue weighted by atomic mass is 35.5. The van der Waals surface area contributed by atoms with Crippen molar-refractivity contribution >= 4 is 23.3 Å². The van der Waals surface area contributed by atoms with Gasteiger partial charge in [-0.25, -0.2) is 9.67 Å². The largest absolute Gasteiger partial charge is 0.311 e. The first-order chi connectivity index (χ1) is 8.45. The second kappa shape index (κ2) is 4.73. The molecule has 0 radical (unpaired) electrons. The number of hydrogen-bond donors (Lipinski definition) is 1. The maximum Gasteiger partial charge on any atom is 0.226 e. The summed E-state index contributed by atoms with van der Waals surface area (Å²) in [5, 5.41) is 6.92. The minimum atomic E-state index is -0.218. The molecule has 0 unspecified atom stereocenters. The maximum absolute atomic E-state index is 11.0. The van der Waals surface area contributed by atoms with Gasteiger partial charge in [-0.1, -0.05) is 0 Å². The number of nitrogens with one attached hydrogen (secondary N) is 1. The van der Waals surface area contributed by atoms with E-state index in [9.17, 15) is 4.79 Å². The normalized spacial score (nSPS) is 10.4. The van der Waals surface area contributed by atoms with E-state index < -0.39 is 0 Å². The number of rotatable bonds is 2. The maximum atomic E-state index is 11.0. The Morgan fingerprint density at radius 1 is 1.33 bits per heavy atom. The molecule has 2 heterocycles. The zero-order valence-corrected chi connectivity index (χ0v) is 11.0. The molecule has 94 valence electrons. The number of hydrogen-bond acceptors (Lipinski definition) is 4. The average Bonchev–Trinajstić information content (AvgIpc) is 2.55. The SMILES string of the molecule is CC(=O)Nc1cc(-n2nc(C)cc2C)nc(Cl)n1.